The number of nitrogens with zero attached hydrogens (tertiary/aromatic N) is 1. The molecule has 0 radical (unpaired) electrons. The van der Waals surface area contributed by atoms with E-state index in [2.05, 4.69) is 0 Å². The molecule has 0 spiro atoms. The van der Waals surface area contributed by atoms with Crippen molar-refractivity contribution in [3.8, 4) is 0 Å². The molecule has 0 unspecified atom stereocenters. The number of fused-ring (bicyclic) bond motifs is 1. The van der Waals surface area contributed by atoms with Crippen LogP contribution < -0.4 is 0 Å². The largest absolute Gasteiger partial charge is 0.479 e. The Bertz CT molecular complexity index is 1500. The summed E-state index contributed by atoms with van der Waals surface area (Å²) in [6.07, 6.45) is -5.48. The smallest absolute Gasteiger partial charge is 0.416 e. The number of aliphatic carboxylic acids is 1. The molecule has 0 saturated carbocycles. The molecule has 0 aliphatic heterocycles. The van der Waals surface area contributed by atoms with E-state index >= 15 is 0 Å². The second-order valence-corrected chi connectivity index (χ2v) is 9.53. The van der Waals surface area contributed by atoms with Crippen LogP contribution in [0, 0.1) is 20.8 Å². The van der Waals surface area contributed by atoms with Gasteiger partial charge in [-0.2, -0.15) is 13.2 Å². The maximum Gasteiger partial charge on any atom is 0.416 e. The standard InChI is InChI=1S/C30H28F3NO4/c1-17-5-11-23(12-6-17)28(35)27-19(3)34(25-14-24(30(31,32)33)13-18(2)26(25)27)15-21-7-9-22(10-8-21)16-38-20(4)29(36)37/h5-14,20H,15-16H2,1-4H3,(H,36,37)/t20-/m1/s1. The average Bonchev–Trinajstić information content (AvgIpc) is 3.14. The topological polar surface area (TPSA) is 68.5 Å². The molecule has 38 heavy (non-hydrogen) atoms. The van der Waals surface area contributed by atoms with Crippen molar-refractivity contribution < 1.29 is 32.6 Å². The summed E-state index contributed by atoms with van der Waals surface area (Å²) in [5.41, 5.74) is 3.97. The van der Waals surface area contributed by atoms with Crippen molar-refractivity contribution in [2.24, 2.45) is 0 Å². The van der Waals surface area contributed by atoms with E-state index in [0.717, 1.165) is 28.8 Å². The lowest BCUT2D eigenvalue weighted by Crippen LogP contribution is -2.19. The van der Waals surface area contributed by atoms with E-state index in [1.807, 2.05) is 31.2 Å². The summed E-state index contributed by atoms with van der Waals surface area (Å²) >= 11 is 0. The zero-order valence-electron chi connectivity index (χ0n) is 21.5. The monoisotopic (exact) mass is 523 g/mol. The van der Waals surface area contributed by atoms with Crippen molar-refractivity contribution in [3.05, 3.63) is 105 Å². The van der Waals surface area contributed by atoms with E-state index in [0.29, 0.717) is 33.3 Å². The maximum absolute atomic E-state index is 13.7. The van der Waals surface area contributed by atoms with Crippen LogP contribution in [0.3, 0.4) is 0 Å². The van der Waals surface area contributed by atoms with E-state index in [9.17, 15) is 22.8 Å². The molecule has 0 fully saturated rings. The van der Waals surface area contributed by atoms with Gasteiger partial charge in [-0.1, -0.05) is 54.1 Å². The first kappa shape index (κ1) is 27.1. The number of ketones is 1. The van der Waals surface area contributed by atoms with Gasteiger partial charge < -0.3 is 14.4 Å². The van der Waals surface area contributed by atoms with Crippen LogP contribution in [0.15, 0.2) is 60.7 Å². The van der Waals surface area contributed by atoms with Gasteiger partial charge >= 0.3 is 12.1 Å². The Labute approximate surface area is 218 Å². The maximum atomic E-state index is 13.7. The van der Waals surface area contributed by atoms with Gasteiger partial charge in [-0.15, -0.1) is 0 Å². The van der Waals surface area contributed by atoms with Gasteiger partial charge in [0.1, 0.15) is 0 Å². The molecular weight excluding hydrogens is 495 g/mol. The molecule has 1 aromatic heterocycles. The molecule has 4 rings (SSSR count). The number of carbonyl (C=O) groups is 2. The highest BCUT2D eigenvalue weighted by Gasteiger charge is 2.33. The Kier molecular flexibility index (Phi) is 7.47. The second kappa shape index (κ2) is 10.5. The van der Waals surface area contributed by atoms with Gasteiger partial charge in [-0.05, 0) is 56.5 Å². The van der Waals surface area contributed by atoms with Gasteiger partial charge in [-0.25, -0.2) is 4.79 Å². The molecular formula is C30H28F3NO4. The van der Waals surface area contributed by atoms with Crippen molar-refractivity contribution in [1.29, 1.82) is 0 Å². The van der Waals surface area contributed by atoms with Crippen LogP contribution in [0.25, 0.3) is 10.9 Å². The van der Waals surface area contributed by atoms with Crippen LogP contribution in [-0.4, -0.2) is 27.5 Å². The third-order valence-corrected chi connectivity index (χ3v) is 6.70. The fourth-order valence-corrected chi connectivity index (χ4v) is 4.51. The first-order valence-electron chi connectivity index (χ1n) is 12.1. The van der Waals surface area contributed by atoms with Gasteiger partial charge in [0.25, 0.3) is 0 Å². The number of carbonyl (C=O) groups excluding carboxylic acids is 1. The molecule has 198 valence electrons. The lowest BCUT2D eigenvalue weighted by molar-refractivity contribution is -0.149. The van der Waals surface area contributed by atoms with Crippen LogP contribution in [0.4, 0.5) is 13.2 Å². The lowest BCUT2D eigenvalue weighted by Gasteiger charge is -2.13. The average molecular weight is 524 g/mol. The number of rotatable bonds is 8. The molecule has 1 heterocycles. The summed E-state index contributed by atoms with van der Waals surface area (Å²) in [5, 5.41) is 9.48. The molecule has 5 nitrogen and oxygen atoms in total. The van der Waals surface area contributed by atoms with Crippen LogP contribution in [0.5, 0.6) is 0 Å². The number of ether oxygens (including phenoxy) is 1. The Morgan fingerprint density at radius 2 is 1.55 bits per heavy atom. The number of hydrogen-bond acceptors (Lipinski definition) is 3. The van der Waals surface area contributed by atoms with Gasteiger partial charge in [0.05, 0.1) is 23.3 Å². The first-order chi connectivity index (χ1) is 17.9. The van der Waals surface area contributed by atoms with Gasteiger partial charge in [0, 0.05) is 23.2 Å². The van der Waals surface area contributed by atoms with Crippen molar-refractivity contribution >= 4 is 22.7 Å². The summed E-state index contributed by atoms with van der Waals surface area (Å²) in [4.78, 5) is 24.6. The zero-order valence-corrected chi connectivity index (χ0v) is 21.5. The predicted octanol–water partition coefficient (Wildman–Crippen LogP) is 6.85. The van der Waals surface area contributed by atoms with E-state index in [1.165, 1.54) is 6.92 Å². The van der Waals surface area contributed by atoms with E-state index in [-0.39, 0.29) is 18.9 Å². The van der Waals surface area contributed by atoms with Crippen LogP contribution >= 0.6 is 0 Å². The molecule has 1 atom stereocenters. The minimum absolute atomic E-state index is 0.114. The summed E-state index contributed by atoms with van der Waals surface area (Å²) in [6.45, 7) is 7.07. The predicted molar refractivity (Wildman–Crippen MR) is 138 cm³/mol. The first-order valence-corrected chi connectivity index (χ1v) is 12.1. The van der Waals surface area contributed by atoms with Gasteiger partial charge in [-0.3, -0.25) is 4.79 Å². The molecule has 8 heteroatoms. The quantitative estimate of drug-likeness (QED) is 0.256. The van der Waals surface area contributed by atoms with E-state index in [1.54, 1.807) is 42.7 Å². The number of benzene rings is 3. The Hall–Kier alpha value is -3.91. The number of halogens is 3. The normalized spacial score (nSPS) is 12.6. The molecule has 0 bridgehead atoms. The van der Waals surface area contributed by atoms with Crippen LogP contribution in [0.2, 0.25) is 0 Å². The number of carboxylic acids is 1. The van der Waals surface area contributed by atoms with Gasteiger partial charge in [0.2, 0.25) is 0 Å². The second-order valence-electron chi connectivity index (χ2n) is 9.53. The molecule has 0 amide bonds. The van der Waals surface area contributed by atoms with Crippen molar-refractivity contribution in [3.63, 3.8) is 0 Å². The number of alkyl halides is 3. The summed E-state index contributed by atoms with van der Waals surface area (Å²) in [5.74, 6) is -1.30. The number of aryl methyl sites for hydroxylation is 2. The Morgan fingerprint density at radius 1 is 0.947 bits per heavy atom. The van der Waals surface area contributed by atoms with E-state index in [4.69, 9.17) is 9.84 Å². The molecule has 1 N–H and O–H groups in total. The van der Waals surface area contributed by atoms with Gasteiger partial charge in [0.15, 0.2) is 11.9 Å². The SMILES string of the molecule is Cc1ccc(C(=O)c2c(C)n(Cc3ccc(CO[C@H](C)C(=O)O)cc3)c3cc(C(F)(F)F)cc(C)c23)cc1. The summed E-state index contributed by atoms with van der Waals surface area (Å²) in [7, 11) is 0. The minimum atomic E-state index is -4.53. The molecule has 0 aliphatic rings. The highest BCUT2D eigenvalue weighted by atomic mass is 19.4. The Balaban J connectivity index is 1.78. The fourth-order valence-electron chi connectivity index (χ4n) is 4.51. The fraction of sp³-hybridized carbons (Fsp3) is 0.267. The van der Waals surface area contributed by atoms with Crippen molar-refractivity contribution in [2.45, 2.75) is 53.1 Å². The molecule has 4 aromatic rings. The Morgan fingerprint density at radius 3 is 2.13 bits per heavy atom. The highest BCUT2D eigenvalue weighted by Crippen LogP contribution is 2.37. The number of carboxylic acid groups (broad SMARTS) is 1. The van der Waals surface area contributed by atoms with Crippen LogP contribution in [-0.2, 0) is 28.9 Å². The molecule has 0 saturated heterocycles. The summed E-state index contributed by atoms with van der Waals surface area (Å²) < 4.78 is 48.2. The molecule has 3 aromatic carbocycles. The third-order valence-electron chi connectivity index (χ3n) is 6.70. The highest BCUT2D eigenvalue weighted by molar-refractivity contribution is 6.18. The van der Waals surface area contributed by atoms with Crippen molar-refractivity contribution in [2.75, 3.05) is 0 Å². The van der Waals surface area contributed by atoms with Crippen molar-refractivity contribution in [1.82, 2.24) is 4.57 Å². The molecule has 0 aliphatic carbocycles. The number of hydrogen-bond donors (Lipinski definition) is 1. The zero-order chi connectivity index (χ0) is 27.8. The van der Waals surface area contributed by atoms with Crippen LogP contribution in [0.1, 0.15) is 56.4 Å². The minimum Gasteiger partial charge on any atom is -0.479 e. The summed E-state index contributed by atoms with van der Waals surface area (Å²) in [6, 6.07) is 16.5. The lowest BCUT2D eigenvalue weighted by atomic mass is 9.96. The third kappa shape index (κ3) is 5.50. The number of aromatic nitrogens is 1. The van der Waals surface area contributed by atoms with E-state index < -0.39 is 23.8 Å².